The molecular formula is C16H23F3N2. The predicted octanol–water partition coefficient (Wildman–Crippen LogP) is 4.18. The van der Waals surface area contributed by atoms with Crippen molar-refractivity contribution in [2.45, 2.75) is 45.3 Å². The van der Waals surface area contributed by atoms with E-state index in [2.05, 4.69) is 11.8 Å². The summed E-state index contributed by atoms with van der Waals surface area (Å²) in [5, 5.41) is 0. The van der Waals surface area contributed by atoms with E-state index in [-0.39, 0.29) is 6.54 Å². The molecule has 0 atom stereocenters. The summed E-state index contributed by atoms with van der Waals surface area (Å²) in [6.07, 6.45) is 0.345. The number of benzene rings is 1. The molecule has 0 radical (unpaired) electrons. The number of piperidine rings is 1. The van der Waals surface area contributed by atoms with Gasteiger partial charge in [0.05, 0.1) is 5.56 Å². The fraction of sp³-hybridized carbons (Fsp3) is 0.625. The summed E-state index contributed by atoms with van der Waals surface area (Å²) in [6, 6.07) is 3.92. The third-order valence-electron chi connectivity index (χ3n) is 4.28. The zero-order valence-electron chi connectivity index (χ0n) is 12.4. The molecule has 2 rings (SSSR count). The normalized spacial score (nSPS) is 17.3. The van der Waals surface area contributed by atoms with Gasteiger partial charge in [-0.15, -0.1) is 0 Å². The van der Waals surface area contributed by atoms with Gasteiger partial charge in [-0.25, -0.2) is 0 Å². The lowest BCUT2D eigenvalue weighted by atomic mass is 9.92. The highest BCUT2D eigenvalue weighted by atomic mass is 19.4. The van der Waals surface area contributed by atoms with E-state index in [1.165, 1.54) is 18.9 Å². The van der Waals surface area contributed by atoms with Crippen molar-refractivity contribution in [2.24, 2.45) is 11.7 Å². The molecule has 0 bridgehead atoms. The smallest absolute Gasteiger partial charge is 0.371 e. The number of halogens is 3. The van der Waals surface area contributed by atoms with Crippen LogP contribution in [-0.4, -0.2) is 13.1 Å². The molecule has 0 aliphatic carbocycles. The fourth-order valence-electron chi connectivity index (χ4n) is 3.10. The molecule has 0 spiro atoms. The SMILES string of the molecule is CCCC1CCN(c2ccc(C(F)(F)F)cc2CN)CC1. The third kappa shape index (κ3) is 3.90. The van der Waals surface area contributed by atoms with Crippen LogP contribution in [0.5, 0.6) is 0 Å². The molecule has 1 fully saturated rings. The Kier molecular flexibility index (Phi) is 5.14. The van der Waals surface area contributed by atoms with Crippen molar-refractivity contribution in [3.05, 3.63) is 29.3 Å². The van der Waals surface area contributed by atoms with Gasteiger partial charge < -0.3 is 10.6 Å². The second kappa shape index (κ2) is 6.69. The highest BCUT2D eigenvalue weighted by Crippen LogP contribution is 2.34. The Morgan fingerprint density at radius 2 is 1.90 bits per heavy atom. The molecule has 2 nitrogen and oxygen atoms in total. The predicted molar refractivity (Wildman–Crippen MR) is 79.2 cm³/mol. The molecule has 2 N–H and O–H groups in total. The molecule has 1 aliphatic rings. The van der Waals surface area contributed by atoms with Crippen LogP contribution in [0.1, 0.15) is 43.7 Å². The first-order valence-electron chi connectivity index (χ1n) is 7.60. The van der Waals surface area contributed by atoms with E-state index in [1.54, 1.807) is 6.07 Å². The number of hydrogen-bond donors (Lipinski definition) is 1. The Bertz CT molecular complexity index is 463. The number of rotatable bonds is 4. The monoisotopic (exact) mass is 300 g/mol. The maximum absolute atomic E-state index is 12.8. The number of nitrogens with two attached hydrogens (primary N) is 1. The Balaban J connectivity index is 2.14. The molecule has 1 heterocycles. The van der Waals surface area contributed by atoms with Gasteiger partial charge >= 0.3 is 6.18 Å². The summed E-state index contributed by atoms with van der Waals surface area (Å²) in [6.45, 7) is 4.13. The van der Waals surface area contributed by atoms with E-state index in [9.17, 15) is 13.2 Å². The van der Waals surface area contributed by atoms with Gasteiger partial charge in [0.15, 0.2) is 0 Å². The quantitative estimate of drug-likeness (QED) is 0.904. The Morgan fingerprint density at radius 1 is 1.24 bits per heavy atom. The molecule has 1 aromatic rings. The standard InChI is InChI=1S/C16H23F3N2/c1-2-3-12-6-8-21(9-7-12)15-5-4-14(16(17,18)19)10-13(15)11-20/h4-5,10,12H,2-3,6-9,11,20H2,1H3. The zero-order valence-corrected chi connectivity index (χ0v) is 12.4. The topological polar surface area (TPSA) is 29.3 Å². The van der Waals surface area contributed by atoms with Gasteiger partial charge in [0.2, 0.25) is 0 Å². The van der Waals surface area contributed by atoms with E-state index in [0.29, 0.717) is 5.56 Å². The fourth-order valence-corrected chi connectivity index (χ4v) is 3.10. The summed E-state index contributed by atoms with van der Waals surface area (Å²) in [4.78, 5) is 2.18. The minimum absolute atomic E-state index is 0.133. The summed E-state index contributed by atoms with van der Waals surface area (Å²) in [5.74, 6) is 0.752. The van der Waals surface area contributed by atoms with Gasteiger partial charge in [-0.3, -0.25) is 0 Å². The third-order valence-corrected chi connectivity index (χ3v) is 4.28. The van der Waals surface area contributed by atoms with E-state index in [0.717, 1.165) is 43.6 Å². The number of hydrogen-bond acceptors (Lipinski definition) is 2. The Hall–Kier alpha value is -1.23. The van der Waals surface area contributed by atoms with Crippen LogP contribution in [0.4, 0.5) is 18.9 Å². The molecule has 5 heteroatoms. The van der Waals surface area contributed by atoms with Gasteiger partial charge in [0.25, 0.3) is 0 Å². The van der Waals surface area contributed by atoms with Crippen molar-refractivity contribution in [1.82, 2.24) is 0 Å². The van der Waals surface area contributed by atoms with Gasteiger partial charge in [-0.05, 0) is 42.5 Å². The molecule has 0 amide bonds. The molecule has 1 aromatic carbocycles. The second-order valence-corrected chi connectivity index (χ2v) is 5.76. The second-order valence-electron chi connectivity index (χ2n) is 5.76. The van der Waals surface area contributed by atoms with E-state index < -0.39 is 11.7 Å². The van der Waals surface area contributed by atoms with Crippen molar-refractivity contribution in [3.63, 3.8) is 0 Å². The minimum atomic E-state index is -4.31. The van der Waals surface area contributed by atoms with Gasteiger partial charge in [-0.2, -0.15) is 13.2 Å². The first-order chi connectivity index (χ1) is 9.95. The van der Waals surface area contributed by atoms with E-state index in [1.807, 2.05) is 0 Å². The average Bonchev–Trinajstić information content (AvgIpc) is 2.47. The lowest BCUT2D eigenvalue weighted by Crippen LogP contribution is -2.34. The van der Waals surface area contributed by atoms with Crippen molar-refractivity contribution in [3.8, 4) is 0 Å². The number of anilines is 1. The van der Waals surface area contributed by atoms with Crippen molar-refractivity contribution in [1.29, 1.82) is 0 Å². The maximum Gasteiger partial charge on any atom is 0.416 e. The maximum atomic E-state index is 12.8. The Labute approximate surface area is 124 Å². The largest absolute Gasteiger partial charge is 0.416 e. The van der Waals surface area contributed by atoms with Crippen LogP contribution in [-0.2, 0) is 12.7 Å². The van der Waals surface area contributed by atoms with Crippen LogP contribution < -0.4 is 10.6 Å². The molecular weight excluding hydrogens is 277 g/mol. The first kappa shape index (κ1) is 16.1. The molecule has 0 aromatic heterocycles. The number of alkyl halides is 3. The van der Waals surface area contributed by atoms with Crippen LogP contribution in [0.25, 0.3) is 0 Å². The van der Waals surface area contributed by atoms with Crippen LogP contribution in [0.2, 0.25) is 0 Å². The molecule has 1 saturated heterocycles. The van der Waals surface area contributed by atoms with E-state index in [4.69, 9.17) is 5.73 Å². The van der Waals surface area contributed by atoms with Crippen LogP contribution in [0, 0.1) is 5.92 Å². The lowest BCUT2D eigenvalue weighted by molar-refractivity contribution is -0.137. The minimum Gasteiger partial charge on any atom is -0.371 e. The van der Waals surface area contributed by atoms with Crippen molar-refractivity contribution < 1.29 is 13.2 Å². The zero-order chi connectivity index (χ0) is 15.5. The Morgan fingerprint density at radius 3 is 2.43 bits per heavy atom. The molecule has 0 unspecified atom stereocenters. The molecule has 21 heavy (non-hydrogen) atoms. The van der Waals surface area contributed by atoms with Crippen LogP contribution >= 0.6 is 0 Å². The van der Waals surface area contributed by atoms with Crippen molar-refractivity contribution in [2.75, 3.05) is 18.0 Å². The molecule has 1 aliphatic heterocycles. The molecule has 0 saturated carbocycles. The van der Waals surface area contributed by atoms with Crippen LogP contribution in [0.3, 0.4) is 0 Å². The number of nitrogens with zero attached hydrogens (tertiary/aromatic N) is 1. The summed E-state index contributed by atoms with van der Waals surface area (Å²) >= 11 is 0. The average molecular weight is 300 g/mol. The molecule has 118 valence electrons. The highest BCUT2D eigenvalue weighted by Gasteiger charge is 2.31. The lowest BCUT2D eigenvalue weighted by Gasteiger charge is -2.35. The highest BCUT2D eigenvalue weighted by molar-refractivity contribution is 5.55. The summed E-state index contributed by atoms with van der Waals surface area (Å²) in [5.41, 5.74) is 6.48. The van der Waals surface area contributed by atoms with Crippen molar-refractivity contribution >= 4 is 5.69 Å². The van der Waals surface area contributed by atoms with E-state index >= 15 is 0 Å². The summed E-state index contributed by atoms with van der Waals surface area (Å²) in [7, 11) is 0. The summed E-state index contributed by atoms with van der Waals surface area (Å²) < 4.78 is 38.3. The van der Waals surface area contributed by atoms with Gasteiger partial charge in [-0.1, -0.05) is 19.8 Å². The van der Waals surface area contributed by atoms with Crippen LogP contribution in [0.15, 0.2) is 18.2 Å². The van der Waals surface area contributed by atoms with Gasteiger partial charge in [0.1, 0.15) is 0 Å². The first-order valence-corrected chi connectivity index (χ1v) is 7.60. The van der Waals surface area contributed by atoms with Gasteiger partial charge in [0, 0.05) is 25.3 Å².